The van der Waals surface area contributed by atoms with Gasteiger partial charge in [0.15, 0.2) is 5.65 Å². The lowest BCUT2D eigenvalue weighted by Crippen LogP contribution is -2.45. The summed E-state index contributed by atoms with van der Waals surface area (Å²) in [6.45, 7) is 2.55. The van der Waals surface area contributed by atoms with E-state index < -0.39 is 0 Å². The molecule has 1 atom stereocenters. The van der Waals surface area contributed by atoms with Crippen LogP contribution in [-0.2, 0) is 6.42 Å². The van der Waals surface area contributed by atoms with E-state index in [-0.39, 0.29) is 17.8 Å². The lowest BCUT2D eigenvalue weighted by Gasteiger charge is -2.35. The number of halogens is 3. The molecule has 9 heteroatoms. The monoisotopic (exact) mass is 502 g/mol. The van der Waals surface area contributed by atoms with Gasteiger partial charge in [0.2, 0.25) is 0 Å². The first-order valence-electron chi connectivity index (χ1n) is 10.8. The molecule has 33 heavy (non-hydrogen) atoms. The van der Waals surface area contributed by atoms with Gasteiger partial charge in [-0.2, -0.15) is 0 Å². The predicted molar refractivity (Wildman–Crippen MR) is 130 cm³/mol. The van der Waals surface area contributed by atoms with Gasteiger partial charge in [-0.3, -0.25) is 4.79 Å². The topological polar surface area (TPSA) is 50.5 Å². The molecule has 0 spiro atoms. The molecular weight excluding hydrogens is 482 g/mol. The zero-order valence-corrected chi connectivity index (χ0v) is 20.2. The summed E-state index contributed by atoms with van der Waals surface area (Å²) in [4.78, 5) is 25.6. The smallest absolute Gasteiger partial charge is 0.274 e. The summed E-state index contributed by atoms with van der Waals surface area (Å²) in [7, 11) is 0. The summed E-state index contributed by atoms with van der Waals surface area (Å²) in [5.41, 5.74) is 2.74. The first-order chi connectivity index (χ1) is 15.9. The average molecular weight is 503 g/mol. The van der Waals surface area contributed by atoms with Crippen molar-refractivity contribution in [1.29, 1.82) is 0 Å². The van der Waals surface area contributed by atoms with E-state index in [9.17, 15) is 9.18 Å². The van der Waals surface area contributed by atoms with Crippen molar-refractivity contribution in [3.63, 3.8) is 0 Å². The van der Waals surface area contributed by atoms with Gasteiger partial charge < -0.3 is 9.30 Å². The number of rotatable bonds is 4. The van der Waals surface area contributed by atoms with Crippen molar-refractivity contribution in [2.75, 3.05) is 6.54 Å². The van der Waals surface area contributed by atoms with E-state index in [1.165, 1.54) is 23.5 Å². The molecule has 0 bridgehead atoms. The van der Waals surface area contributed by atoms with E-state index in [4.69, 9.17) is 23.2 Å². The van der Waals surface area contributed by atoms with Crippen molar-refractivity contribution in [2.45, 2.75) is 38.6 Å². The molecule has 1 aliphatic rings. The summed E-state index contributed by atoms with van der Waals surface area (Å²) < 4.78 is 15.3. The Morgan fingerprint density at radius 2 is 1.97 bits per heavy atom. The minimum atomic E-state index is -0.308. The van der Waals surface area contributed by atoms with E-state index in [1.54, 1.807) is 24.4 Å². The minimum Gasteiger partial charge on any atom is -0.334 e. The number of aryl methyl sites for hydroxylation is 1. The van der Waals surface area contributed by atoms with Crippen LogP contribution in [0.2, 0.25) is 10.0 Å². The van der Waals surface area contributed by atoms with Crippen molar-refractivity contribution in [3.05, 3.63) is 75.0 Å². The fraction of sp³-hybridized carbons (Fsp3) is 0.292. The highest BCUT2D eigenvalue weighted by atomic mass is 35.5. The molecule has 4 heterocycles. The molecular formula is C24H21Cl2FN4OS. The van der Waals surface area contributed by atoms with Crippen LogP contribution in [0.25, 0.3) is 16.1 Å². The molecule has 3 aromatic heterocycles. The van der Waals surface area contributed by atoms with Crippen molar-refractivity contribution in [2.24, 2.45) is 0 Å². The second kappa shape index (κ2) is 9.05. The maximum Gasteiger partial charge on any atom is 0.274 e. The molecule has 4 aromatic rings. The SMILES string of the molecule is Cc1nc(C(=O)N2CCCC[C@H]2Cc2cn3cc(Cl)cc(Cl)c3n2)c(-c2ccc(F)cc2)s1. The Labute approximate surface area is 204 Å². The van der Waals surface area contributed by atoms with Gasteiger partial charge in [0.25, 0.3) is 5.91 Å². The summed E-state index contributed by atoms with van der Waals surface area (Å²) in [6.07, 6.45) is 7.20. The van der Waals surface area contributed by atoms with Gasteiger partial charge in [0.05, 0.1) is 25.6 Å². The number of piperidine rings is 1. The van der Waals surface area contributed by atoms with E-state index in [1.807, 2.05) is 22.4 Å². The van der Waals surface area contributed by atoms with Crippen molar-refractivity contribution in [1.82, 2.24) is 19.3 Å². The molecule has 1 fully saturated rings. The molecule has 5 nitrogen and oxygen atoms in total. The molecule has 0 aliphatic carbocycles. The van der Waals surface area contributed by atoms with Crippen LogP contribution in [0.4, 0.5) is 4.39 Å². The molecule has 1 saturated heterocycles. The van der Waals surface area contributed by atoms with Crippen molar-refractivity contribution < 1.29 is 9.18 Å². The largest absolute Gasteiger partial charge is 0.334 e. The highest BCUT2D eigenvalue weighted by Crippen LogP contribution is 2.33. The Kier molecular flexibility index (Phi) is 6.12. The summed E-state index contributed by atoms with van der Waals surface area (Å²) in [5.74, 6) is -0.397. The van der Waals surface area contributed by atoms with Gasteiger partial charge in [-0.05, 0) is 49.9 Å². The summed E-state index contributed by atoms with van der Waals surface area (Å²) in [5, 5.41) is 1.84. The fourth-order valence-corrected chi connectivity index (χ4v) is 5.84. The normalized spacial score (nSPS) is 16.5. The third kappa shape index (κ3) is 4.50. The second-order valence-electron chi connectivity index (χ2n) is 8.24. The van der Waals surface area contributed by atoms with Crippen LogP contribution in [0.5, 0.6) is 0 Å². The molecule has 0 radical (unpaired) electrons. The quantitative estimate of drug-likeness (QED) is 0.322. The number of pyridine rings is 1. The maximum atomic E-state index is 13.7. The third-order valence-corrected chi connectivity index (χ3v) is 7.40. The standard InChI is InChI=1S/C24H21Cl2FN4OS/c1-14-28-21(22(33-14)15-5-7-17(27)8-6-15)24(32)31-9-3-2-4-19(31)11-18-13-30-12-16(25)10-20(26)23(30)29-18/h5-8,10,12-13,19H,2-4,9,11H2,1H3/t19-/m0/s1. The summed E-state index contributed by atoms with van der Waals surface area (Å²) in [6, 6.07) is 7.88. The number of likely N-dealkylation sites (tertiary alicyclic amines) is 1. The Bertz CT molecular complexity index is 1330. The van der Waals surface area contributed by atoms with E-state index in [0.717, 1.165) is 40.4 Å². The number of imidazole rings is 1. The molecule has 1 aliphatic heterocycles. The van der Waals surface area contributed by atoms with Crippen LogP contribution >= 0.6 is 34.5 Å². The van der Waals surface area contributed by atoms with Crippen LogP contribution in [0, 0.1) is 12.7 Å². The third-order valence-electron chi connectivity index (χ3n) is 5.90. The van der Waals surface area contributed by atoms with Crippen LogP contribution in [0.1, 0.15) is 40.5 Å². The fourth-order valence-electron chi connectivity index (χ4n) is 4.40. The molecule has 1 aromatic carbocycles. The van der Waals surface area contributed by atoms with Gasteiger partial charge >= 0.3 is 0 Å². The highest BCUT2D eigenvalue weighted by Gasteiger charge is 2.31. The highest BCUT2D eigenvalue weighted by molar-refractivity contribution is 7.15. The van der Waals surface area contributed by atoms with E-state index in [0.29, 0.717) is 34.4 Å². The first-order valence-corrected chi connectivity index (χ1v) is 12.3. The molecule has 1 amide bonds. The van der Waals surface area contributed by atoms with E-state index in [2.05, 4.69) is 9.97 Å². The minimum absolute atomic E-state index is 0.00786. The zero-order valence-electron chi connectivity index (χ0n) is 17.9. The molecule has 0 unspecified atom stereocenters. The maximum absolute atomic E-state index is 13.7. The van der Waals surface area contributed by atoms with Crippen LogP contribution < -0.4 is 0 Å². The average Bonchev–Trinajstić information content (AvgIpc) is 3.37. The first kappa shape index (κ1) is 22.3. The van der Waals surface area contributed by atoms with Crippen LogP contribution in [0.15, 0.2) is 42.7 Å². The lowest BCUT2D eigenvalue weighted by atomic mass is 9.97. The molecule has 170 valence electrons. The summed E-state index contributed by atoms with van der Waals surface area (Å²) >= 11 is 13.9. The number of benzene rings is 1. The number of carbonyl (C=O) groups is 1. The Morgan fingerprint density at radius 1 is 1.18 bits per heavy atom. The van der Waals surface area contributed by atoms with Gasteiger partial charge in [0.1, 0.15) is 11.5 Å². The zero-order chi connectivity index (χ0) is 23.1. The number of thiazole rings is 1. The van der Waals surface area contributed by atoms with Crippen LogP contribution in [-0.4, -0.2) is 37.8 Å². The number of hydrogen-bond acceptors (Lipinski definition) is 4. The number of carbonyl (C=O) groups excluding carboxylic acids is 1. The van der Waals surface area contributed by atoms with Crippen molar-refractivity contribution >= 4 is 46.1 Å². The Morgan fingerprint density at radius 3 is 2.76 bits per heavy atom. The van der Waals surface area contributed by atoms with Gasteiger partial charge in [-0.25, -0.2) is 14.4 Å². The van der Waals surface area contributed by atoms with E-state index >= 15 is 0 Å². The predicted octanol–water partition coefficient (Wildman–Crippen LogP) is 6.45. The van der Waals surface area contributed by atoms with Crippen LogP contribution in [0.3, 0.4) is 0 Å². The Hall–Kier alpha value is -2.48. The molecule has 0 N–H and O–H groups in total. The van der Waals surface area contributed by atoms with Gasteiger partial charge in [-0.15, -0.1) is 11.3 Å². The Balaban J connectivity index is 1.44. The van der Waals surface area contributed by atoms with Gasteiger partial charge in [0, 0.05) is 31.4 Å². The lowest BCUT2D eigenvalue weighted by molar-refractivity contribution is 0.0608. The number of hydrogen-bond donors (Lipinski definition) is 0. The number of amides is 1. The number of fused-ring (bicyclic) bond motifs is 1. The molecule has 0 saturated carbocycles. The second-order valence-corrected chi connectivity index (χ2v) is 10.3. The molecule has 5 rings (SSSR count). The number of aromatic nitrogens is 3. The van der Waals surface area contributed by atoms with Gasteiger partial charge in [-0.1, -0.05) is 35.3 Å². The number of nitrogens with zero attached hydrogens (tertiary/aromatic N) is 4. The van der Waals surface area contributed by atoms with Crippen molar-refractivity contribution in [3.8, 4) is 10.4 Å².